The summed E-state index contributed by atoms with van der Waals surface area (Å²) in [6.07, 6.45) is 4.11. The number of rotatable bonds is 14. The Morgan fingerprint density at radius 1 is 0.848 bits per heavy atom. The number of amides is 3. The molecule has 0 aliphatic rings. The highest BCUT2D eigenvalue weighted by Crippen LogP contribution is 2.30. The summed E-state index contributed by atoms with van der Waals surface area (Å²) < 4.78 is 5.70. The zero-order valence-corrected chi connectivity index (χ0v) is 27.8. The molecule has 3 N–H and O–H groups in total. The maximum absolute atomic E-state index is 13.5. The van der Waals surface area contributed by atoms with E-state index in [0.717, 1.165) is 23.5 Å². The Hall–Kier alpha value is -4.24. The normalized spacial score (nSPS) is 11.8. The lowest BCUT2D eigenvalue weighted by Crippen LogP contribution is -2.30. The fourth-order valence-electron chi connectivity index (χ4n) is 4.25. The van der Waals surface area contributed by atoms with Crippen LogP contribution in [-0.4, -0.2) is 29.6 Å². The van der Waals surface area contributed by atoms with E-state index in [1.54, 1.807) is 66.7 Å². The number of carbonyl (C=O) groups excluding carboxylic acids is 3. The number of benzene rings is 4. The van der Waals surface area contributed by atoms with Gasteiger partial charge < -0.3 is 20.7 Å². The quantitative estimate of drug-likeness (QED) is 0.0704. The maximum Gasteiger partial charge on any atom is 0.272 e. The van der Waals surface area contributed by atoms with Crippen molar-refractivity contribution in [3.05, 3.63) is 124 Å². The lowest BCUT2D eigenvalue weighted by atomic mass is 10.1. The van der Waals surface area contributed by atoms with E-state index in [0.29, 0.717) is 40.6 Å². The van der Waals surface area contributed by atoms with Gasteiger partial charge in [0.25, 0.3) is 11.8 Å². The minimum atomic E-state index is -0.561. The first-order valence-electron chi connectivity index (χ1n) is 14.9. The number of thioether (sulfide) groups is 1. The molecule has 238 valence electrons. The van der Waals surface area contributed by atoms with Crippen LogP contribution in [0.25, 0.3) is 6.08 Å². The SMILES string of the molecule is CCCCOc1ccc(NC(=O)C(CC)Sc2cccc(NC(=O)/C(=C\c3cccc(Cl)c3Cl)NC(=O)c3ccccc3)c2)cc1. The van der Waals surface area contributed by atoms with Gasteiger partial charge in [-0.05, 0) is 85.1 Å². The molecule has 0 aliphatic heterocycles. The first-order valence-corrected chi connectivity index (χ1v) is 16.5. The van der Waals surface area contributed by atoms with Crippen LogP contribution >= 0.6 is 35.0 Å². The number of anilines is 2. The van der Waals surface area contributed by atoms with Crippen molar-refractivity contribution in [3.8, 4) is 5.75 Å². The molecule has 10 heteroatoms. The summed E-state index contributed by atoms with van der Waals surface area (Å²) in [5.74, 6) is -0.386. The smallest absolute Gasteiger partial charge is 0.272 e. The Labute approximate surface area is 283 Å². The van der Waals surface area contributed by atoms with Crippen molar-refractivity contribution in [1.82, 2.24) is 5.32 Å². The van der Waals surface area contributed by atoms with E-state index in [2.05, 4.69) is 22.9 Å². The summed E-state index contributed by atoms with van der Waals surface area (Å²) in [5, 5.41) is 8.73. The number of carbonyl (C=O) groups is 3. The number of nitrogens with one attached hydrogen (secondary N) is 3. The fourth-order valence-corrected chi connectivity index (χ4v) is 5.63. The van der Waals surface area contributed by atoms with Crippen molar-refractivity contribution >= 4 is 70.1 Å². The second-order valence-electron chi connectivity index (χ2n) is 10.2. The first kappa shape index (κ1) is 34.6. The van der Waals surface area contributed by atoms with Gasteiger partial charge >= 0.3 is 0 Å². The zero-order valence-electron chi connectivity index (χ0n) is 25.5. The molecule has 0 bridgehead atoms. The van der Waals surface area contributed by atoms with Gasteiger partial charge in [0.1, 0.15) is 11.4 Å². The Morgan fingerprint density at radius 3 is 2.30 bits per heavy atom. The van der Waals surface area contributed by atoms with Crippen LogP contribution < -0.4 is 20.7 Å². The summed E-state index contributed by atoms with van der Waals surface area (Å²) >= 11 is 14.0. The van der Waals surface area contributed by atoms with E-state index in [-0.39, 0.29) is 21.9 Å². The first-order chi connectivity index (χ1) is 22.3. The van der Waals surface area contributed by atoms with Crippen LogP contribution in [0.3, 0.4) is 0 Å². The molecule has 0 aromatic heterocycles. The van der Waals surface area contributed by atoms with Gasteiger partial charge in [0.05, 0.1) is 21.9 Å². The molecule has 0 saturated carbocycles. The van der Waals surface area contributed by atoms with Gasteiger partial charge in [-0.25, -0.2) is 0 Å². The van der Waals surface area contributed by atoms with Gasteiger partial charge in [-0.1, -0.05) is 79.9 Å². The average Bonchev–Trinajstić information content (AvgIpc) is 3.06. The average molecular weight is 677 g/mol. The van der Waals surface area contributed by atoms with Gasteiger partial charge in [-0.3, -0.25) is 14.4 Å². The van der Waals surface area contributed by atoms with Crippen LogP contribution in [-0.2, 0) is 9.59 Å². The largest absolute Gasteiger partial charge is 0.494 e. The molecule has 46 heavy (non-hydrogen) atoms. The van der Waals surface area contributed by atoms with Crippen LogP contribution in [0.15, 0.2) is 108 Å². The molecule has 4 rings (SSSR count). The molecule has 0 radical (unpaired) electrons. The summed E-state index contributed by atoms with van der Waals surface area (Å²) in [7, 11) is 0. The maximum atomic E-state index is 13.5. The molecule has 7 nitrogen and oxygen atoms in total. The topological polar surface area (TPSA) is 96.5 Å². The number of hydrogen-bond acceptors (Lipinski definition) is 5. The van der Waals surface area contributed by atoms with Crippen LogP contribution in [0.4, 0.5) is 11.4 Å². The van der Waals surface area contributed by atoms with Gasteiger partial charge in [0, 0.05) is 21.8 Å². The monoisotopic (exact) mass is 675 g/mol. The molecule has 0 fully saturated rings. The van der Waals surface area contributed by atoms with Gasteiger partial charge in [0.2, 0.25) is 5.91 Å². The standard InChI is InChI=1S/C36H35Cl2N3O4S/c1-3-5-21-45-28-19-17-26(18-20-28)39-36(44)32(4-2)46-29-15-10-14-27(23-29)40-35(43)31(22-25-13-9-16-30(37)33(25)38)41-34(42)24-11-7-6-8-12-24/h6-20,22-23,32H,3-5,21H2,1-2H3,(H,39,44)(H,40,43)(H,41,42)/b31-22+. The number of unbranched alkanes of at least 4 members (excludes halogenated alkanes) is 1. The van der Waals surface area contributed by atoms with Crippen LogP contribution in [0.5, 0.6) is 5.75 Å². The summed E-state index contributed by atoms with van der Waals surface area (Å²) in [4.78, 5) is 40.4. The summed E-state index contributed by atoms with van der Waals surface area (Å²) in [5.41, 5.74) is 2.00. The third-order valence-corrected chi connectivity index (χ3v) is 8.92. The van der Waals surface area contributed by atoms with Crippen molar-refractivity contribution in [2.24, 2.45) is 0 Å². The summed E-state index contributed by atoms with van der Waals surface area (Å²) in [6.45, 7) is 4.72. The lowest BCUT2D eigenvalue weighted by Gasteiger charge is -2.16. The minimum Gasteiger partial charge on any atom is -0.494 e. The Balaban J connectivity index is 1.46. The van der Waals surface area contributed by atoms with Gasteiger partial charge in [-0.2, -0.15) is 0 Å². The highest BCUT2D eigenvalue weighted by molar-refractivity contribution is 8.00. The van der Waals surface area contributed by atoms with Crippen LogP contribution in [0.2, 0.25) is 10.0 Å². The third-order valence-electron chi connectivity index (χ3n) is 6.73. The number of hydrogen-bond donors (Lipinski definition) is 3. The molecular weight excluding hydrogens is 641 g/mol. The predicted octanol–water partition coefficient (Wildman–Crippen LogP) is 9.09. The fraction of sp³-hybridized carbons (Fsp3) is 0.194. The molecule has 0 heterocycles. The van der Waals surface area contributed by atoms with Crippen LogP contribution in [0, 0.1) is 0 Å². The van der Waals surface area contributed by atoms with Crippen molar-refractivity contribution in [3.63, 3.8) is 0 Å². The van der Waals surface area contributed by atoms with E-state index in [1.165, 1.54) is 17.8 Å². The highest BCUT2D eigenvalue weighted by atomic mass is 35.5. The molecule has 1 atom stereocenters. The second kappa shape index (κ2) is 17.5. The molecule has 1 unspecified atom stereocenters. The van der Waals surface area contributed by atoms with Crippen molar-refractivity contribution in [1.29, 1.82) is 0 Å². The van der Waals surface area contributed by atoms with Gasteiger partial charge in [0.15, 0.2) is 0 Å². The molecule has 4 aromatic rings. The second-order valence-corrected chi connectivity index (χ2v) is 12.3. The highest BCUT2D eigenvalue weighted by Gasteiger charge is 2.20. The minimum absolute atomic E-state index is 0.0244. The Morgan fingerprint density at radius 2 is 1.59 bits per heavy atom. The van der Waals surface area contributed by atoms with E-state index >= 15 is 0 Å². The zero-order chi connectivity index (χ0) is 32.9. The summed E-state index contributed by atoms with van der Waals surface area (Å²) in [6, 6.07) is 28.1. The van der Waals surface area contributed by atoms with Crippen molar-refractivity contribution in [2.75, 3.05) is 17.2 Å². The third kappa shape index (κ3) is 10.1. The molecule has 4 aromatic carbocycles. The number of halogens is 2. The van der Waals surface area contributed by atoms with Gasteiger partial charge in [-0.15, -0.1) is 11.8 Å². The Kier molecular flexibility index (Phi) is 13.1. The molecule has 0 aliphatic carbocycles. The van der Waals surface area contributed by atoms with E-state index < -0.39 is 11.8 Å². The van der Waals surface area contributed by atoms with E-state index in [9.17, 15) is 14.4 Å². The molecular formula is C36H35Cl2N3O4S. The Bertz CT molecular complexity index is 1680. The van der Waals surface area contributed by atoms with E-state index in [4.69, 9.17) is 27.9 Å². The van der Waals surface area contributed by atoms with Crippen molar-refractivity contribution < 1.29 is 19.1 Å². The molecule has 0 spiro atoms. The molecule has 3 amide bonds. The van der Waals surface area contributed by atoms with E-state index in [1.807, 2.05) is 37.3 Å². The number of ether oxygens (including phenoxy) is 1. The van der Waals surface area contributed by atoms with Crippen molar-refractivity contribution in [2.45, 2.75) is 43.3 Å². The van der Waals surface area contributed by atoms with Crippen LogP contribution in [0.1, 0.15) is 49.0 Å². The predicted molar refractivity (Wildman–Crippen MR) is 189 cm³/mol. The molecule has 0 saturated heterocycles. The lowest BCUT2D eigenvalue weighted by molar-refractivity contribution is -0.116.